The lowest BCUT2D eigenvalue weighted by molar-refractivity contribution is -0.159. The summed E-state index contributed by atoms with van der Waals surface area (Å²) >= 11 is 0. The van der Waals surface area contributed by atoms with Gasteiger partial charge in [0.15, 0.2) is 0 Å². The molecule has 10 atom stereocenters. The summed E-state index contributed by atoms with van der Waals surface area (Å²) in [4.78, 5) is 24.5. The maximum Gasteiger partial charge on any atom is 0.308 e. The molecule has 36 heavy (non-hydrogen) atoms. The summed E-state index contributed by atoms with van der Waals surface area (Å²) in [6, 6.07) is 2.05. The lowest BCUT2D eigenvalue weighted by Crippen LogP contribution is -2.35. The van der Waals surface area contributed by atoms with Crippen LogP contribution in [0.15, 0.2) is 23.8 Å². The zero-order valence-electron chi connectivity index (χ0n) is 21.9. The summed E-state index contributed by atoms with van der Waals surface area (Å²) in [5, 5.41) is 51.5. The first-order chi connectivity index (χ1) is 17.0. The quantitative estimate of drug-likeness (QED) is 0.416. The molecule has 4 N–H and O–H groups in total. The van der Waals surface area contributed by atoms with Gasteiger partial charge >= 0.3 is 11.9 Å². The summed E-state index contributed by atoms with van der Waals surface area (Å²) < 4.78 is 5.74. The highest BCUT2D eigenvalue weighted by Crippen LogP contribution is 2.37. The van der Waals surface area contributed by atoms with Crippen molar-refractivity contribution in [3.63, 3.8) is 0 Å². The number of aliphatic hydroxyl groups is 3. The van der Waals surface area contributed by atoms with Crippen molar-refractivity contribution in [2.24, 2.45) is 35.5 Å². The van der Waals surface area contributed by atoms with E-state index in [1.807, 2.05) is 27.7 Å². The molecule has 1 saturated carbocycles. The first-order valence-electron chi connectivity index (χ1n) is 13.2. The molecule has 1 fully saturated rings. The topological polar surface area (TPSA) is 148 Å². The number of rotatable bonds is 2. The van der Waals surface area contributed by atoms with E-state index in [1.54, 1.807) is 12.2 Å². The van der Waals surface area contributed by atoms with Crippen molar-refractivity contribution in [2.75, 3.05) is 0 Å². The number of ether oxygens (including phenoxy) is 1. The van der Waals surface area contributed by atoms with E-state index in [4.69, 9.17) is 4.74 Å². The number of nitriles is 1. The van der Waals surface area contributed by atoms with Crippen LogP contribution in [0.1, 0.15) is 72.6 Å². The van der Waals surface area contributed by atoms with Crippen LogP contribution >= 0.6 is 0 Å². The Bertz CT molecular complexity index is 847. The molecule has 0 aromatic rings. The molecule has 0 spiro atoms. The molecule has 1 heterocycles. The number of allylic oxidation sites excluding steroid dienone is 2. The molecule has 8 heteroatoms. The van der Waals surface area contributed by atoms with Crippen molar-refractivity contribution < 1.29 is 34.8 Å². The van der Waals surface area contributed by atoms with Crippen LogP contribution in [0.2, 0.25) is 0 Å². The van der Waals surface area contributed by atoms with Crippen molar-refractivity contribution in [1.29, 1.82) is 5.26 Å². The normalized spacial score (nSPS) is 42.2. The van der Waals surface area contributed by atoms with E-state index in [1.165, 1.54) is 6.08 Å². The van der Waals surface area contributed by atoms with Crippen molar-refractivity contribution in [2.45, 2.75) is 97.1 Å². The Hall–Kier alpha value is -2.21. The summed E-state index contributed by atoms with van der Waals surface area (Å²) in [7, 11) is 0. The fraction of sp³-hybridized carbons (Fsp3) is 0.750. The van der Waals surface area contributed by atoms with Crippen LogP contribution in [0.3, 0.4) is 0 Å². The molecule has 0 saturated heterocycles. The van der Waals surface area contributed by atoms with E-state index in [-0.39, 0.29) is 48.0 Å². The number of carboxylic acids is 1. The summed E-state index contributed by atoms with van der Waals surface area (Å²) in [6.07, 6.45) is 4.57. The number of cyclic esters (lactones) is 1. The second kappa shape index (κ2) is 13.9. The van der Waals surface area contributed by atoms with Gasteiger partial charge in [0, 0.05) is 12.3 Å². The number of aliphatic carboxylic acids is 1. The van der Waals surface area contributed by atoms with Gasteiger partial charge in [0.25, 0.3) is 0 Å². The summed E-state index contributed by atoms with van der Waals surface area (Å²) in [6.45, 7) is 7.48. The van der Waals surface area contributed by atoms with Gasteiger partial charge in [0.05, 0.1) is 42.3 Å². The number of carboxylic acid groups (broad SMARTS) is 1. The van der Waals surface area contributed by atoms with Crippen molar-refractivity contribution in [3.05, 3.63) is 23.8 Å². The molecule has 1 aliphatic heterocycles. The van der Waals surface area contributed by atoms with Crippen LogP contribution in [0.25, 0.3) is 0 Å². The number of carbonyl (C=O) groups is 2. The number of hydrogen-bond donors (Lipinski definition) is 4. The van der Waals surface area contributed by atoms with E-state index >= 15 is 0 Å². The molecule has 0 radical (unpaired) electrons. The molecular formula is C28H43NO7. The van der Waals surface area contributed by atoms with Crippen LogP contribution in [-0.4, -0.2) is 56.8 Å². The zero-order chi connectivity index (χ0) is 27.0. The highest BCUT2D eigenvalue weighted by atomic mass is 16.5. The van der Waals surface area contributed by atoms with Crippen LogP contribution in [0.4, 0.5) is 0 Å². The third kappa shape index (κ3) is 8.16. The molecular weight excluding hydrogens is 462 g/mol. The highest BCUT2D eigenvalue weighted by molar-refractivity contribution is 5.72. The maximum absolute atomic E-state index is 12.8. The largest absolute Gasteiger partial charge is 0.481 e. The first kappa shape index (κ1) is 30.0. The standard InChI is InChI=1S/C28H43NO7/c1-16-12-17(2)26(32)18(3)13-19(4)27(33)20(15-29)8-5-6-11-24(36-25(31)14-23(16)30)21-9-7-10-22(21)28(34)35/h5-6,8,16-19,21-24,26-27,30,32-33H,7,9-14H2,1-4H3,(H,34,35)/b6-5-,20-8-/t16-,17+,18-,19-,21+,22+,23-,24-,26-,27+/m0/s1. The van der Waals surface area contributed by atoms with Crippen LogP contribution in [0.5, 0.6) is 0 Å². The molecule has 2 rings (SSSR count). The molecule has 0 unspecified atom stereocenters. The zero-order valence-corrected chi connectivity index (χ0v) is 21.9. The van der Waals surface area contributed by atoms with Gasteiger partial charge in [-0.05, 0) is 55.4 Å². The van der Waals surface area contributed by atoms with Crippen molar-refractivity contribution in [3.8, 4) is 6.07 Å². The number of esters is 1. The average Bonchev–Trinajstić information content (AvgIpc) is 3.32. The minimum absolute atomic E-state index is 0.136. The van der Waals surface area contributed by atoms with Gasteiger partial charge in [-0.3, -0.25) is 9.59 Å². The smallest absolute Gasteiger partial charge is 0.308 e. The van der Waals surface area contributed by atoms with Crippen molar-refractivity contribution >= 4 is 11.9 Å². The fourth-order valence-corrected chi connectivity index (χ4v) is 5.83. The molecule has 0 aromatic carbocycles. The van der Waals surface area contributed by atoms with E-state index in [0.29, 0.717) is 25.7 Å². The number of hydrogen-bond acceptors (Lipinski definition) is 7. The Labute approximate surface area is 214 Å². The number of carbonyl (C=O) groups excluding carboxylic acids is 1. The molecule has 202 valence electrons. The highest BCUT2D eigenvalue weighted by Gasteiger charge is 2.40. The van der Waals surface area contributed by atoms with Crippen LogP contribution in [-0.2, 0) is 14.3 Å². The Morgan fingerprint density at radius 3 is 2.28 bits per heavy atom. The predicted molar refractivity (Wildman–Crippen MR) is 134 cm³/mol. The van der Waals surface area contributed by atoms with E-state index in [9.17, 15) is 35.3 Å². The average molecular weight is 506 g/mol. The molecule has 0 bridgehead atoms. The third-order valence-corrected chi connectivity index (χ3v) is 8.10. The van der Waals surface area contributed by atoms with Gasteiger partial charge in [-0.25, -0.2) is 0 Å². The van der Waals surface area contributed by atoms with Gasteiger partial charge in [-0.15, -0.1) is 0 Å². The second-order valence-electron chi connectivity index (χ2n) is 11.1. The molecule has 0 aromatic heterocycles. The van der Waals surface area contributed by atoms with Gasteiger partial charge < -0.3 is 25.2 Å². The minimum atomic E-state index is -0.996. The molecule has 8 nitrogen and oxygen atoms in total. The SMILES string of the molecule is C[C@@H]1C[C@H](C)[C@@H](O)CC(=O)O[C@H]([C@@H]2CCC[C@H]2C(=O)O)C/C=C\C=C(\C#N)[C@H](O)[C@@H](C)C[C@H](C)[C@H]1O. The van der Waals surface area contributed by atoms with Crippen LogP contribution < -0.4 is 0 Å². The third-order valence-electron chi connectivity index (χ3n) is 8.10. The Morgan fingerprint density at radius 1 is 1.03 bits per heavy atom. The monoisotopic (exact) mass is 505 g/mol. The van der Waals surface area contributed by atoms with Gasteiger partial charge in [0.2, 0.25) is 0 Å². The maximum atomic E-state index is 12.8. The van der Waals surface area contributed by atoms with E-state index in [0.717, 1.165) is 6.42 Å². The van der Waals surface area contributed by atoms with Gasteiger partial charge in [-0.2, -0.15) is 5.26 Å². The summed E-state index contributed by atoms with van der Waals surface area (Å²) in [5.41, 5.74) is 0.198. The Balaban J connectivity index is 2.34. The van der Waals surface area contributed by atoms with Crippen molar-refractivity contribution in [1.82, 2.24) is 0 Å². The molecule has 0 amide bonds. The number of aliphatic hydroxyl groups excluding tert-OH is 3. The lowest BCUT2D eigenvalue weighted by atomic mass is 9.80. The van der Waals surface area contributed by atoms with Gasteiger partial charge in [0.1, 0.15) is 6.10 Å². The lowest BCUT2D eigenvalue weighted by Gasteiger charge is -2.31. The molecule has 1 aliphatic carbocycles. The van der Waals surface area contributed by atoms with E-state index < -0.39 is 42.3 Å². The molecule has 2 aliphatic rings. The van der Waals surface area contributed by atoms with Crippen LogP contribution in [0, 0.1) is 46.8 Å². The predicted octanol–water partition coefficient (Wildman–Crippen LogP) is 3.61. The first-order valence-corrected chi connectivity index (χ1v) is 13.2. The van der Waals surface area contributed by atoms with E-state index in [2.05, 4.69) is 6.07 Å². The second-order valence-corrected chi connectivity index (χ2v) is 11.1. The van der Waals surface area contributed by atoms with Gasteiger partial charge in [-0.1, -0.05) is 46.3 Å². The fourth-order valence-electron chi connectivity index (χ4n) is 5.83. The number of nitrogens with zero attached hydrogens (tertiary/aromatic N) is 1. The Kier molecular flexibility index (Phi) is 11.6. The Morgan fingerprint density at radius 2 is 1.67 bits per heavy atom. The summed E-state index contributed by atoms with van der Waals surface area (Å²) in [5.74, 6) is -3.23. The minimum Gasteiger partial charge on any atom is -0.481 e.